The van der Waals surface area contributed by atoms with Gasteiger partial charge in [-0.1, -0.05) is 0 Å². The summed E-state index contributed by atoms with van der Waals surface area (Å²) in [4.78, 5) is 32.7. The van der Waals surface area contributed by atoms with Crippen molar-refractivity contribution >= 4 is 50.3 Å². The maximum atomic E-state index is 12.6. The van der Waals surface area contributed by atoms with Crippen molar-refractivity contribution in [1.82, 2.24) is 9.62 Å². The zero-order valence-corrected chi connectivity index (χ0v) is 18.4. The number of thiocarbonyl (C=S) groups is 1. The minimum atomic E-state index is -3.67. The fraction of sp³-hybridized carbons (Fsp3) is 0.222. The van der Waals surface area contributed by atoms with Crippen molar-refractivity contribution in [3.05, 3.63) is 68.3 Å². The number of hydrogen-bond donors (Lipinski definition) is 2. The van der Waals surface area contributed by atoms with Gasteiger partial charge < -0.3 is 10.1 Å². The largest absolute Gasteiger partial charge is 0.379 e. The van der Waals surface area contributed by atoms with Gasteiger partial charge in [-0.25, -0.2) is 8.42 Å². The number of carbonyl (C=O) groups is 1. The number of ether oxygens (including phenoxy) is 1. The monoisotopic (exact) mass is 495 g/mol. The second kappa shape index (κ2) is 9.95. The molecule has 0 radical (unpaired) electrons. The number of non-ortho nitro benzene ring substituents is 2. The Morgan fingerprint density at radius 2 is 1.55 bits per heavy atom. The molecule has 0 atom stereocenters. The summed E-state index contributed by atoms with van der Waals surface area (Å²) in [5, 5.41) is 26.7. The number of sulfonamides is 1. The molecule has 33 heavy (non-hydrogen) atoms. The quantitative estimate of drug-likeness (QED) is 0.341. The Morgan fingerprint density at radius 1 is 1.00 bits per heavy atom. The van der Waals surface area contributed by atoms with Crippen LogP contribution in [0.2, 0.25) is 0 Å². The van der Waals surface area contributed by atoms with Crippen LogP contribution in [0.15, 0.2) is 47.4 Å². The molecular formula is C18H17N5O8S2. The van der Waals surface area contributed by atoms with Crippen molar-refractivity contribution < 1.29 is 27.8 Å². The molecule has 0 aliphatic carbocycles. The topological polar surface area (TPSA) is 174 Å². The highest BCUT2D eigenvalue weighted by molar-refractivity contribution is 7.89. The van der Waals surface area contributed by atoms with Crippen LogP contribution in [0.5, 0.6) is 0 Å². The van der Waals surface area contributed by atoms with E-state index < -0.39 is 37.2 Å². The summed E-state index contributed by atoms with van der Waals surface area (Å²) in [5.74, 6) is -0.897. The van der Waals surface area contributed by atoms with E-state index in [1.54, 1.807) is 0 Å². The average Bonchev–Trinajstić information content (AvgIpc) is 2.79. The Balaban J connectivity index is 1.68. The second-order valence-corrected chi connectivity index (χ2v) is 9.05. The molecule has 1 aliphatic rings. The van der Waals surface area contributed by atoms with Crippen molar-refractivity contribution in [3.8, 4) is 0 Å². The molecule has 1 saturated heterocycles. The normalized spacial score (nSPS) is 14.3. The third-order valence-corrected chi connectivity index (χ3v) is 6.65. The van der Waals surface area contributed by atoms with Gasteiger partial charge in [0.05, 0.1) is 39.6 Å². The molecule has 0 unspecified atom stereocenters. The van der Waals surface area contributed by atoms with Crippen LogP contribution >= 0.6 is 12.2 Å². The lowest BCUT2D eigenvalue weighted by Gasteiger charge is -2.26. The van der Waals surface area contributed by atoms with E-state index in [1.165, 1.54) is 28.6 Å². The maximum Gasteiger partial charge on any atom is 0.277 e. The molecule has 2 aromatic rings. The van der Waals surface area contributed by atoms with E-state index in [4.69, 9.17) is 17.0 Å². The van der Waals surface area contributed by atoms with Crippen LogP contribution in [0.1, 0.15) is 10.4 Å². The SMILES string of the molecule is O=C(NC(=S)Nc1ccc(S(=O)(=O)N2CCOCC2)cc1)c1cc([N+](=O)[O-])cc([N+](=O)[O-])c1. The Hall–Kier alpha value is -3.53. The predicted octanol–water partition coefficient (Wildman–Crippen LogP) is 1.65. The zero-order chi connectivity index (χ0) is 24.2. The summed E-state index contributed by atoms with van der Waals surface area (Å²) in [6.07, 6.45) is 0. The van der Waals surface area contributed by atoms with E-state index in [0.29, 0.717) is 18.9 Å². The summed E-state index contributed by atoms with van der Waals surface area (Å²) in [6, 6.07) is 8.16. The van der Waals surface area contributed by atoms with Crippen molar-refractivity contribution in [2.75, 3.05) is 31.6 Å². The van der Waals surface area contributed by atoms with E-state index in [1.807, 2.05) is 0 Å². The lowest BCUT2D eigenvalue weighted by Crippen LogP contribution is -2.40. The molecule has 1 aliphatic heterocycles. The lowest BCUT2D eigenvalue weighted by atomic mass is 10.1. The molecule has 1 heterocycles. The van der Waals surface area contributed by atoms with Gasteiger partial charge in [-0.2, -0.15) is 4.31 Å². The highest BCUT2D eigenvalue weighted by Gasteiger charge is 2.26. The molecule has 3 rings (SSSR count). The Kier molecular flexibility index (Phi) is 7.27. The fourth-order valence-electron chi connectivity index (χ4n) is 2.92. The number of anilines is 1. The number of nitro groups is 2. The van der Waals surface area contributed by atoms with E-state index in [2.05, 4.69) is 10.6 Å². The number of benzene rings is 2. The molecule has 0 spiro atoms. The summed E-state index contributed by atoms with van der Waals surface area (Å²) < 4.78 is 31.8. The standard InChI is InChI=1S/C18H17N5O8S2/c24-17(12-9-14(22(25)26)11-15(10-12)23(27)28)20-18(32)19-13-1-3-16(4-2-13)33(29,30)21-5-7-31-8-6-21/h1-4,9-11H,5-8H2,(H2,19,20,24,32). The molecule has 2 aromatic carbocycles. The van der Waals surface area contributed by atoms with Crippen LogP contribution < -0.4 is 10.6 Å². The minimum Gasteiger partial charge on any atom is -0.379 e. The van der Waals surface area contributed by atoms with E-state index in [0.717, 1.165) is 18.2 Å². The molecule has 2 N–H and O–H groups in total. The lowest BCUT2D eigenvalue weighted by molar-refractivity contribution is -0.394. The molecule has 15 heteroatoms. The zero-order valence-electron chi connectivity index (χ0n) is 16.8. The predicted molar refractivity (Wildman–Crippen MR) is 119 cm³/mol. The first kappa shape index (κ1) is 24.1. The number of morpholine rings is 1. The van der Waals surface area contributed by atoms with E-state index in [9.17, 15) is 33.4 Å². The van der Waals surface area contributed by atoms with Crippen molar-refractivity contribution in [2.24, 2.45) is 0 Å². The first-order valence-corrected chi connectivity index (χ1v) is 11.2. The Labute approximate surface area is 192 Å². The first-order valence-electron chi connectivity index (χ1n) is 9.32. The van der Waals surface area contributed by atoms with E-state index in [-0.39, 0.29) is 28.7 Å². The van der Waals surface area contributed by atoms with E-state index >= 15 is 0 Å². The van der Waals surface area contributed by atoms with Gasteiger partial charge >= 0.3 is 0 Å². The van der Waals surface area contributed by atoms with Gasteiger partial charge in [0, 0.05) is 30.9 Å². The minimum absolute atomic E-state index is 0.0776. The number of nitrogens with one attached hydrogen (secondary N) is 2. The Morgan fingerprint density at radius 3 is 2.06 bits per heavy atom. The van der Waals surface area contributed by atoms with Crippen LogP contribution in [0.4, 0.5) is 17.1 Å². The maximum absolute atomic E-state index is 12.6. The summed E-state index contributed by atoms with van der Waals surface area (Å²) in [7, 11) is -3.67. The number of amides is 1. The first-order chi connectivity index (χ1) is 15.6. The second-order valence-electron chi connectivity index (χ2n) is 6.70. The smallest absolute Gasteiger partial charge is 0.277 e. The van der Waals surface area contributed by atoms with Gasteiger partial charge in [-0.15, -0.1) is 0 Å². The molecule has 174 valence electrons. The van der Waals surface area contributed by atoms with Crippen LogP contribution in [-0.4, -0.2) is 59.9 Å². The third-order valence-electron chi connectivity index (χ3n) is 4.53. The van der Waals surface area contributed by atoms with Crippen LogP contribution in [0.3, 0.4) is 0 Å². The third kappa shape index (κ3) is 5.83. The van der Waals surface area contributed by atoms with Gasteiger partial charge in [-0.05, 0) is 36.5 Å². The summed E-state index contributed by atoms with van der Waals surface area (Å²) in [5.41, 5.74) is -1.20. The van der Waals surface area contributed by atoms with Crippen LogP contribution in [0, 0.1) is 20.2 Å². The number of carbonyl (C=O) groups excluding carboxylic acids is 1. The van der Waals surface area contributed by atoms with Gasteiger partial charge in [0.1, 0.15) is 0 Å². The van der Waals surface area contributed by atoms with Gasteiger partial charge in [0.15, 0.2) is 5.11 Å². The van der Waals surface area contributed by atoms with Gasteiger partial charge in [0.2, 0.25) is 10.0 Å². The average molecular weight is 495 g/mol. The highest BCUT2D eigenvalue weighted by Crippen LogP contribution is 2.23. The number of rotatable bonds is 6. The van der Waals surface area contributed by atoms with Crippen molar-refractivity contribution in [2.45, 2.75) is 4.90 Å². The molecule has 1 amide bonds. The van der Waals surface area contributed by atoms with Crippen molar-refractivity contribution in [1.29, 1.82) is 0 Å². The summed E-state index contributed by atoms with van der Waals surface area (Å²) in [6.45, 7) is 1.16. The van der Waals surface area contributed by atoms with Crippen LogP contribution in [0.25, 0.3) is 0 Å². The molecule has 0 bridgehead atoms. The van der Waals surface area contributed by atoms with Crippen LogP contribution in [-0.2, 0) is 14.8 Å². The van der Waals surface area contributed by atoms with Gasteiger partial charge in [0.25, 0.3) is 17.3 Å². The molecule has 13 nitrogen and oxygen atoms in total. The highest BCUT2D eigenvalue weighted by atomic mass is 32.2. The van der Waals surface area contributed by atoms with Crippen molar-refractivity contribution in [3.63, 3.8) is 0 Å². The molecule has 0 aromatic heterocycles. The fourth-order valence-corrected chi connectivity index (χ4v) is 4.54. The molecular weight excluding hydrogens is 478 g/mol. The number of hydrogen-bond acceptors (Lipinski definition) is 9. The molecule has 1 fully saturated rings. The molecule has 0 saturated carbocycles. The number of nitrogens with zero attached hydrogens (tertiary/aromatic N) is 3. The number of nitro benzene ring substituents is 2. The Bertz CT molecular complexity index is 1180. The van der Waals surface area contributed by atoms with Gasteiger partial charge in [-0.3, -0.25) is 30.3 Å². The summed E-state index contributed by atoms with van der Waals surface area (Å²) >= 11 is 5.04.